The van der Waals surface area contributed by atoms with E-state index >= 15 is 0 Å². The SMILES string of the molecule is C.C.CC(C)N1CCC(COCc2ccccc2)CC1.CC(C)N1CCC(c2ccccc2)CC1.Cc1ccc(C2CCN(C(C)C)CC2)cc1.Cc1ccc(COCC2CCN(C(C)C)CC2)cc1. The van der Waals surface area contributed by atoms with Crippen molar-refractivity contribution in [2.45, 2.75) is 185 Å². The summed E-state index contributed by atoms with van der Waals surface area (Å²) < 4.78 is 11.7. The predicted molar refractivity (Wildman–Crippen MR) is 304 cm³/mol. The van der Waals surface area contributed by atoms with Crippen molar-refractivity contribution in [3.8, 4) is 0 Å². The quantitative estimate of drug-likeness (QED) is 0.125. The van der Waals surface area contributed by atoms with Gasteiger partial charge >= 0.3 is 0 Å². The van der Waals surface area contributed by atoms with Crippen LogP contribution in [0.5, 0.6) is 0 Å². The van der Waals surface area contributed by atoms with Crippen LogP contribution in [0.2, 0.25) is 0 Å². The molecule has 4 aliphatic rings. The second-order valence-electron chi connectivity index (χ2n) is 21.8. The molecule has 0 unspecified atom stereocenters. The molecular weight excluding hydrogens is 857 g/mol. The molecule has 4 saturated heterocycles. The maximum absolute atomic E-state index is 5.88. The van der Waals surface area contributed by atoms with Crippen molar-refractivity contribution in [3.63, 3.8) is 0 Å². The number of nitrogens with zero attached hydrogens (tertiary/aromatic N) is 4. The average molecular weight is 962 g/mol. The summed E-state index contributed by atoms with van der Waals surface area (Å²) >= 11 is 0. The highest BCUT2D eigenvalue weighted by molar-refractivity contribution is 5.25. The normalized spacial score (nSPS) is 18.3. The molecular formula is C64H104N4O2. The Morgan fingerprint density at radius 2 is 0.657 bits per heavy atom. The molecule has 6 nitrogen and oxygen atoms in total. The van der Waals surface area contributed by atoms with Crippen LogP contribution in [-0.4, -0.2) is 109 Å². The first kappa shape index (κ1) is 60.9. The van der Waals surface area contributed by atoms with Gasteiger partial charge in [0.25, 0.3) is 0 Å². The van der Waals surface area contributed by atoms with E-state index in [1.165, 1.54) is 137 Å². The van der Waals surface area contributed by atoms with Gasteiger partial charge in [-0.25, -0.2) is 0 Å². The topological polar surface area (TPSA) is 31.4 Å². The maximum atomic E-state index is 5.88. The third-order valence-electron chi connectivity index (χ3n) is 15.3. The van der Waals surface area contributed by atoms with Gasteiger partial charge in [0.15, 0.2) is 0 Å². The van der Waals surface area contributed by atoms with Gasteiger partial charge in [-0.1, -0.05) is 135 Å². The minimum atomic E-state index is 0. The summed E-state index contributed by atoms with van der Waals surface area (Å²) in [7, 11) is 0. The lowest BCUT2D eigenvalue weighted by molar-refractivity contribution is 0.0513. The Morgan fingerprint density at radius 1 is 0.371 bits per heavy atom. The van der Waals surface area contributed by atoms with Crippen molar-refractivity contribution < 1.29 is 9.47 Å². The number of rotatable bonds is 14. The van der Waals surface area contributed by atoms with Crippen molar-refractivity contribution in [3.05, 3.63) is 143 Å². The molecule has 4 fully saturated rings. The van der Waals surface area contributed by atoms with E-state index in [4.69, 9.17) is 9.47 Å². The van der Waals surface area contributed by atoms with Gasteiger partial charge in [0.05, 0.1) is 13.2 Å². The van der Waals surface area contributed by atoms with Crippen LogP contribution < -0.4 is 0 Å². The average Bonchev–Trinajstić information content (AvgIpc) is 3.36. The van der Waals surface area contributed by atoms with Gasteiger partial charge < -0.3 is 29.1 Å². The van der Waals surface area contributed by atoms with E-state index in [9.17, 15) is 0 Å². The third-order valence-corrected chi connectivity index (χ3v) is 15.3. The lowest BCUT2D eigenvalue weighted by Crippen LogP contribution is -2.39. The Bertz CT molecular complexity index is 1850. The van der Waals surface area contributed by atoms with Crippen LogP contribution in [0, 0.1) is 25.7 Å². The Labute approximate surface area is 431 Å². The highest BCUT2D eigenvalue weighted by Crippen LogP contribution is 2.30. The van der Waals surface area contributed by atoms with Crippen LogP contribution in [-0.2, 0) is 22.7 Å². The van der Waals surface area contributed by atoms with Gasteiger partial charge in [0, 0.05) is 37.4 Å². The molecule has 4 aromatic rings. The van der Waals surface area contributed by atoms with E-state index in [1.54, 1.807) is 0 Å². The van der Waals surface area contributed by atoms with Gasteiger partial charge in [-0.05, 0) is 219 Å². The zero-order valence-electron chi connectivity index (χ0n) is 44.8. The molecule has 0 radical (unpaired) electrons. The second-order valence-corrected chi connectivity index (χ2v) is 21.8. The van der Waals surface area contributed by atoms with E-state index in [2.05, 4.69) is 192 Å². The molecule has 4 aromatic carbocycles. The zero-order valence-corrected chi connectivity index (χ0v) is 44.8. The molecule has 4 heterocycles. The fourth-order valence-corrected chi connectivity index (χ4v) is 10.3. The first-order chi connectivity index (χ1) is 32.8. The second kappa shape index (κ2) is 33.4. The van der Waals surface area contributed by atoms with Crippen LogP contribution in [0.25, 0.3) is 0 Å². The molecule has 0 N–H and O–H groups in total. The number of hydrogen-bond acceptors (Lipinski definition) is 6. The van der Waals surface area contributed by atoms with Crippen LogP contribution in [0.15, 0.2) is 109 Å². The fraction of sp³-hybridized carbons (Fsp3) is 0.625. The fourth-order valence-electron chi connectivity index (χ4n) is 10.3. The number of piperidine rings is 4. The Balaban J connectivity index is 0.000000245. The first-order valence-electron chi connectivity index (χ1n) is 27.2. The Hall–Kier alpha value is -3.36. The first-order valence-corrected chi connectivity index (χ1v) is 27.2. The largest absolute Gasteiger partial charge is 0.376 e. The van der Waals surface area contributed by atoms with Crippen LogP contribution in [0.1, 0.15) is 167 Å². The lowest BCUT2D eigenvalue weighted by Gasteiger charge is -2.34. The zero-order chi connectivity index (χ0) is 48.7. The summed E-state index contributed by atoms with van der Waals surface area (Å²) in [6.45, 7) is 35.9. The molecule has 392 valence electrons. The number of hydrogen-bond donors (Lipinski definition) is 0. The third kappa shape index (κ3) is 22.2. The molecule has 4 aliphatic heterocycles. The number of likely N-dealkylation sites (tertiary alicyclic amines) is 4. The molecule has 70 heavy (non-hydrogen) atoms. The molecule has 0 aromatic heterocycles. The van der Waals surface area contributed by atoms with Gasteiger partial charge in [0.1, 0.15) is 0 Å². The highest BCUT2D eigenvalue weighted by Gasteiger charge is 2.24. The van der Waals surface area contributed by atoms with Gasteiger partial charge in [-0.2, -0.15) is 0 Å². The molecule has 0 amide bonds. The molecule has 8 rings (SSSR count). The van der Waals surface area contributed by atoms with Gasteiger partial charge in [-0.15, -0.1) is 0 Å². The molecule has 6 heteroatoms. The minimum Gasteiger partial charge on any atom is -0.376 e. The van der Waals surface area contributed by atoms with E-state index in [0.29, 0.717) is 24.2 Å². The Kier molecular flexibility index (Phi) is 29.1. The smallest absolute Gasteiger partial charge is 0.0717 e. The molecule has 0 aliphatic carbocycles. The maximum Gasteiger partial charge on any atom is 0.0717 e. The van der Waals surface area contributed by atoms with Crippen molar-refractivity contribution in [2.24, 2.45) is 11.8 Å². The predicted octanol–water partition coefficient (Wildman–Crippen LogP) is 15.1. The molecule has 0 atom stereocenters. The molecule has 0 saturated carbocycles. The van der Waals surface area contributed by atoms with Crippen LogP contribution in [0.4, 0.5) is 0 Å². The van der Waals surface area contributed by atoms with Crippen molar-refractivity contribution in [1.82, 2.24) is 19.6 Å². The van der Waals surface area contributed by atoms with Crippen LogP contribution >= 0.6 is 0 Å². The number of benzene rings is 4. The van der Waals surface area contributed by atoms with E-state index in [-0.39, 0.29) is 14.9 Å². The summed E-state index contributed by atoms with van der Waals surface area (Å²) in [4.78, 5) is 10.3. The minimum absolute atomic E-state index is 0. The summed E-state index contributed by atoms with van der Waals surface area (Å²) in [6.07, 6.45) is 10.4. The van der Waals surface area contributed by atoms with Gasteiger partial charge in [0.2, 0.25) is 0 Å². The van der Waals surface area contributed by atoms with E-state index in [0.717, 1.165) is 50.1 Å². The standard InChI is InChI=1S/C17H27NO.C16H25NO.C15H23N.C14H21N.2CH4/c1-14(2)18-10-8-17(9-11-18)13-19-12-16-6-4-15(3)5-7-16;1-14(2)17-10-8-16(9-11-17)13-18-12-15-6-4-3-5-7-15;1-12(2)16-10-8-15(9-11-16)14-6-4-13(3)5-7-14;1-12(2)15-10-8-14(9-11-15)13-6-4-3-5-7-13;;/h4-7,14,17H,8-13H2,1-3H3;3-7,14,16H,8-13H2,1-2H3;4-7,12,15H,8-11H2,1-3H3;3-7,12,14H,8-11H2,1-2H3;2*1H4. The summed E-state index contributed by atoms with van der Waals surface area (Å²) in [5.41, 5.74) is 8.30. The van der Waals surface area contributed by atoms with E-state index in [1.807, 2.05) is 6.07 Å². The van der Waals surface area contributed by atoms with Crippen molar-refractivity contribution in [2.75, 3.05) is 65.6 Å². The molecule has 0 spiro atoms. The van der Waals surface area contributed by atoms with Crippen LogP contribution in [0.3, 0.4) is 0 Å². The van der Waals surface area contributed by atoms with Crippen molar-refractivity contribution in [1.29, 1.82) is 0 Å². The van der Waals surface area contributed by atoms with E-state index < -0.39 is 0 Å². The van der Waals surface area contributed by atoms with Gasteiger partial charge in [-0.3, -0.25) is 0 Å². The summed E-state index contributed by atoms with van der Waals surface area (Å²) in [6, 6.07) is 41.9. The van der Waals surface area contributed by atoms with Crippen molar-refractivity contribution >= 4 is 0 Å². The lowest BCUT2D eigenvalue weighted by atomic mass is 9.88. The monoisotopic (exact) mass is 961 g/mol. The summed E-state index contributed by atoms with van der Waals surface area (Å²) in [5.74, 6) is 3.08. The molecule has 0 bridgehead atoms. The number of aryl methyl sites for hydroxylation is 2. The number of ether oxygens (including phenoxy) is 2. The Morgan fingerprint density at radius 3 is 1.00 bits per heavy atom. The highest BCUT2D eigenvalue weighted by atomic mass is 16.5. The summed E-state index contributed by atoms with van der Waals surface area (Å²) in [5, 5.41) is 0.